The van der Waals surface area contributed by atoms with Crippen LogP contribution in [0.1, 0.15) is 11.1 Å². The lowest BCUT2D eigenvalue weighted by Gasteiger charge is -2.08. The summed E-state index contributed by atoms with van der Waals surface area (Å²) in [6, 6.07) is 8.55. The number of hydrogen-bond donors (Lipinski definition) is 1. The van der Waals surface area contributed by atoms with Gasteiger partial charge >= 0.3 is 6.18 Å². The molecular formula is C18H12F3N3O5S2. The van der Waals surface area contributed by atoms with Crippen molar-refractivity contribution in [3.63, 3.8) is 0 Å². The van der Waals surface area contributed by atoms with E-state index in [2.05, 4.69) is 10.3 Å². The summed E-state index contributed by atoms with van der Waals surface area (Å²) in [5.41, 5.74) is -1.03. The molecule has 0 aliphatic carbocycles. The van der Waals surface area contributed by atoms with Crippen LogP contribution in [-0.2, 0) is 27.2 Å². The molecule has 0 radical (unpaired) electrons. The van der Waals surface area contributed by atoms with Gasteiger partial charge in [-0.05, 0) is 23.8 Å². The Hall–Kier alpha value is -3.32. The lowest BCUT2D eigenvalue weighted by Crippen LogP contribution is -2.15. The topological polar surface area (TPSA) is 119 Å². The number of nitro groups is 1. The smallest absolute Gasteiger partial charge is 0.302 e. The van der Waals surface area contributed by atoms with Gasteiger partial charge in [0.05, 0.1) is 28.0 Å². The SMILES string of the molecule is O=C(Cc1cccc(C(F)(F)F)c1)Nc1ncc(S(=O)(=O)c2ccc([N+](=O)[O-])cc2)s1. The molecule has 1 N–H and O–H groups in total. The number of alkyl halides is 3. The van der Waals surface area contributed by atoms with Crippen LogP contribution in [0.25, 0.3) is 0 Å². The predicted octanol–water partition coefficient (Wildman–Crippen LogP) is 4.08. The number of carbonyl (C=O) groups is 1. The van der Waals surface area contributed by atoms with Crippen molar-refractivity contribution in [2.24, 2.45) is 0 Å². The van der Waals surface area contributed by atoms with Crippen molar-refractivity contribution in [1.82, 2.24) is 4.98 Å². The number of aromatic nitrogens is 1. The Bertz CT molecular complexity index is 1240. The van der Waals surface area contributed by atoms with Gasteiger partial charge in [0.15, 0.2) is 5.13 Å². The Labute approximate surface area is 177 Å². The number of sulfone groups is 1. The van der Waals surface area contributed by atoms with Crippen molar-refractivity contribution in [2.75, 3.05) is 5.32 Å². The highest BCUT2D eigenvalue weighted by atomic mass is 32.2. The summed E-state index contributed by atoms with van der Waals surface area (Å²) in [6.45, 7) is 0. The van der Waals surface area contributed by atoms with Crippen molar-refractivity contribution in [2.45, 2.75) is 21.7 Å². The maximum absolute atomic E-state index is 12.8. The van der Waals surface area contributed by atoms with Crippen molar-refractivity contribution in [1.29, 1.82) is 0 Å². The van der Waals surface area contributed by atoms with Gasteiger partial charge in [0.2, 0.25) is 15.7 Å². The van der Waals surface area contributed by atoms with Crippen molar-refractivity contribution >= 4 is 37.9 Å². The normalized spacial score (nSPS) is 11.8. The van der Waals surface area contributed by atoms with E-state index in [9.17, 15) is 36.5 Å². The number of amides is 1. The van der Waals surface area contributed by atoms with E-state index >= 15 is 0 Å². The molecule has 0 aliphatic rings. The Kier molecular flexibility index (Phi) is 6.08. The number of carbonyl (C=O) groups excluding carboxylic acids is 1. The summed E-state index contributed by atoms with van der Waals surface area (Å²) in [7, 11) is -4.02. The lowest BCUT2D eigenvalue weighted by molar-refractivity contribution is -0.384. The summed E-state index contributed by atoms with van der Waals surface area (Å²) in [5, 5.41) is 13.0. The Balaban J connectivity index is 1.72. The highest BCUT2D eigenvalue weighted by molar-refractivity contribution is 7.93. The summed E-state index contributed by atoms with van der Waals surface area (Å²) in [4.78, 5) is 25.8. The summed E-state index contributed by atoms with van der Waals surface area (Å²) >= 11 is 0.647. The molecule has 0 saturated heterocycles. The number of nitrogens with zero attached hydrogens (tertiary/aromatic N) is 2. The highest BCUT2D eigenvalue weighted by Gasteiger charge is 2.30. The molecule has 0 bridgehead atoms. The zero-order chi connectivity index (χ0) is 22.8. The van der Waals surface area contributed by atoms with Gasteiger partial charge in [0.25, 0.3) is 5.69 Å². The van der Waals surface area contributed by atoms with E-state index in [0.29, 0.717) is 11.3 Å². The van der Waals surface area contributed by atoms with Crippen LogP contribution in [0.15, 0.2) is 63.8 Å². The van der Waals surface area contributed by atoms with E-state index in [0.717, 1.165) is 42.6 Å². The van der Waals surface area contributed by atoms with E-state index in [-0.39, 0.29) is 31.9 Å². The first-order chi connectivity index (χ1) is 14.5. The molecule has 162 valence electrons. The van der Waals surface area contributed by atoms with Crippen LogP contribution >= 0.6 is 11.3 Å². The maximum atomic E-state index is 12.8. The molecule has 0 saturated carbocycles. The second-order valence-electron chi connectivity index (χ2n) is 6.16. The fraction of sp³-hybridized carbons (Fsp3) is 0.111. The highest BCUT2D eigenvalue weighted by Crippen LogP contribution is 2.31. The molecule has 3 aromatic rings. The van der Waals surface area contributed by atoms with E-state index in [1.54, 1.807) is 0 Å². The van der Waals surface area contributed by atoms with Crippen LogP contribution in [0.2, 0.25) is 0 Å². The minimum absolute atomic E-state index is 0.0579. The van der Waals surface area contributed by atoms with E-state index in [4.69, 9.17) is 0 Å². The van der Waals surface area contributed by atoms with E-state index < -0.39 is 32.4 Å². The quantitative estimate of drug-likeness (QED) is 0.427. The minimum atomic E-state index is -4.54. The largest absolute Gasteiger partial charge is 0.416 e. The lowest BCUT2D eigenvalue weighted by atomic mass is 10.1. The first-order valence-electron chi connectivity index (χ1n) is 8.38. The number of nitro benzene ring substituents is 1. The molecule has 0 aliphatic heterocycles. The van der Waals surface area contributed by atoms with Gasteiger partial charge in [-0.2, -0.15) is 13.2 Å². The van der Waals surface area contributed by atoms with Gasteiger partial charge in [-0.15, -0.1) is 0 Å². The zero-order valence-corrected chi connectivity index (χ0v) is 16.9. The number of benzene rings is 2. The van der Waals surface area contributed by atoms with Gasteiger partial charge in [0, 0.05) is 12.1 Å². The third-order valence-corrected chi connectivity index (χ3v) is 7.12. The second-order valence-corrected chi connectivity index (χ2v) is 9.37. The average molecular weight is 471 g/mol. The fourth-order valence-electron chi connectivity index (χ4n) is 2.51. The number of thiazole rings is 1. The molecule has 8 nitrogen and oxygen atoms in total. The first-order valence-corrected chi connectivity index (χ1v) is 10.7. The molecule has 2 aromatic carbocycles. The van der Waals surface area contributed by atoms with Gasteiger partial charge < -0.3 is 5.32 Å². The number of nitrogens with one attached hydrogen (secondary N) is 1. The second kappa shape index (κ2) is 8.43. The monoisotopic (exact) mass is 471 g/mol. The molecule has 0 spiro atoms. The molecule has 1 amide bonds. The fourth-order valence-corrected chi connectivity index (χ4v) is 4.96. The first kappa shape index (κ1) is 22.4. The predicted molar refractivity (Wildman–Crippen MR) is 104 cm³/mol. The van der Waals surface area contributed by atoms with Crippen LogP contribution < -0.4 is 5.32 Å². The van der Waals surface area contributed by atoms with Crippen LogP contribution in [-0.4, -0.2) is 24.2 Å². The minimum Gasteiger partial charge on any atom is -0.302 e. The number of rotatable bonds is 6. The third-order valence-electron chi connectivity index (χ3n) is 3.97. The molecule has 31 heavy (non-hydrogen) atoms. The molecule has 3 rings (SSSR count). The Morgan fingerprint density at radius 1 is 1.16 bits per heavy atom. The summed E-state index contributed by atoms with van der Waals surface area (Å²) in [5.74, 6) is -0.673. The van der Waals surface area contributed by atoms with Crippen molar-refractivity contribution in [3.05, 3.63) is 76.0 Å². The average Bonchev–Trinajstić information content (AvgIpc) is 3.16. The van der Waals surface area contributed by atoms with Crippen molar-refractivity contribution < 1.29 is 31.3 Å². The van der Waals surface area contributed by atoms with Crippen LogP contribution in [0, 0.1) is 10.1 Å². The molecule has 0 atom stereocenters. The van der Waals surface area contributed by atoms with Gasteiger partial charge in [-0.25, -0.2) is 13.4 Å². The zero-order valence-electron chi connectivity index (χ0n) is 15.3. The number of non-ortho nitro benzene ring substituents is 1. The molecule has 0 fully saturated rings. The van der Waals surface area contributed by atoms with E-state index in [1.165, 1.54) is 12.1 Å². The van der Waals surface area contributed by atoms with Crippen LogP contribution in [0.4, 0.5) is 24.0 Å². The Morgan fingerprint density at radius 3 is 2.45 bits per heavy atom. The van der Waals surface area contributed by atoms with Gasteiger partial charge in [-0.3, -0.25) is 14.9 Å². The molecule has 1 aromatic heterocycles. The third kappa shape index (κ3) is 5.24. The van der Waals surface area contributed by atoms with E-state index in [1.807, 2.05) is 0 Å². The standard InChI is InChI=1S/C18H12F3N3O5S2/c19-18(20,21)12-3-1-2-11(8-12)9-15(25)23-17-22-10-16(30-17)31(28,29)14-6-4-13(5-7-14)24(26)27/h1-8,10H,9H2,(H,22,23,25). The van der Waals surface area contributed by atoms with Gasteiger partial charge in [-0.1, -0.05) is 29.5 Å². The molecule has 1 heterocycles. The molecular weight excluding hydrogens is 459 g/mol. The van der Waals surface area contributed by atoms with Crippen molar-refractivity contribution in [3.8, 4) is 0 Å². The van der Waals surface area contributed by atoms with Crippen LogP contribution in [0.3, 0.4) is 0 Å². The summed E-state index contributed by atoms with van der Waals surface area (Å²) in [6.07, 6.45) is -3.89. The van der Waals surface area contributed by atoms with Crippen LogP contribution in [0.5, 0.6) is 0 Å². The number of hydrogen-bond acceptors (Lipinski definition) is 7. The maximum Gasteiger partial charge on any atom is 0.416 e. The number of halogens is 3. The van der Waals surface area contributed by atoms with Gasteiger partial charge in [0.1, 0.15) is 4.21 Å². The number of anilines is 1. The Morgan fingerprint density at radius 2 is 1.84 bits per heavy atom. The molecule has 13 heteroatoms. The summed E-state index contributed by atoms with van der Waals surface area (Å²) < 4.78 is 63.3. The molecule has 0 unspecified atom stereocenters.